The van der Waals surface area contributed by atoms with Crippen LogP contribution in [0.15, 0.2) is 42.5 Å². The third-order valence-electron chi connectivity index (χ3n) is 4.77. The highest BCUT2D eigenvalue weighted by Gasteiger charge is 2.61. The van der Waals surface area contributed by atoms with Gasteiger partial charge in [-0.25, -0.2) is 0 Å². The number of hydrogen-bond donors (Lipinski definition) is 0. The highest BCUT2D eigenvalue weighted by atomic mass is 79.9. The third kappa shape index (κ3) is 2.91. The molecule has 2 aromatic rings. The molecule has 0 unspecified atom stereocenters. The lowest BCUT2D eigenvalue weighted by atomic mass is 10.1. The molecular formula is C18H13BrCl2N2O5. The fraction of sp³-hybridized carbons (Fsp3) is 0.278. The molecule has 1 saturated heterocycles. The van der Waals surface area contributed by atoms with E-state index < -0.39 is 21.1 Å². The van der Waals surface area contributed by atoms with Gasteiger partial charge in [0, 0.05) is 42.0 Å². The summed E-state index contributed by atoms with van der Waals surface area (Å²) in [6.45, 7) is -0.557. The van der Waals surface area contributed by atoms with Crippen LogP contribution in [0.4, 0.5) is 5.69 Å². The molecule has 0 saturated carbocycles. The highest BCUT2D eigenvalue weighted by molar-refractivity contribution is 9.10. The van der Waals surface area contributed by atoms with Gasteiger partial charge in [0.15, 0.2) is 0 Å². The normalized spacial score (nSPS) is 26.5. The summed E-state index contributed by atoms with van der Waals surface area (Å²) in [5.74, 6) is -2.22. The Balaban J connectivity index is 1.73. The van der Waals surface area contributed by atoms with Gasteiger partial charge in [-0.2, -0.15) is 0 Å². The van der Waals surface area contributed by atoms with Gasteiger partial charge in [0.25, 0.3) is 11.7 Å². The number of carbonyl (C=O) groups is 1. The molecule has 0 aromatic heterocycles. The summed E-state index contributed by atoms with van der Waals surface area (Å²) < 4.78 is 9.80. The van der Waals surface area contributed by atoms with Crippen molar-refractivity contribution in [3.05, 3.63) is 73.8 Å². The molecule has 1 spiro atoms. The highest BCUT2D eigenvalue weighted by Crippen LogP contribution is 2.48. The van der Waals surface area contributed by atoms with Gasteiger partial charge in [-0.15, -0.1) is 0 Å². The fourth-order valence-corrected chi connectivity index (χ4v) is 4.03. The fourth-order valence-electron chi connectivity index (χ4n) is 3.28. The van der Waals surface area contributed by atoms with Gasteiger partial charge in [0.1, 0.15) is 13.2 Å². The summed E-state index contributed by atoms with van der Waals surface area (Å²) in [5.41, 5.74) is 1.65. The second-order valence-corrected chi connectivity index (χ2v) is 8.77. The van der Waals surface area contributed by atoms with E-state index in [0.29, 0.717) is 26.9 Å². The van der Waals surface area contributed by atoms with Crippen molar-refractivity contribution in [3.63, 3.8) is 0 Å². The molecule has 0 bridgehead atoms. The van der Waals surface area contributed by atoms with E-state index in [4.69, 9.17) is 32.7 Å². The average Bonchev–Trinajstić information content (AvgIpc) is 2.90. The molecule has 0 aliphatic carbocycles. The number of alkyl halides is 1. The molecule has 4 rings (SSSR count). The number of amides is 1. The third-order valence-corrected chi connectivity index (χ3v) is 6.23. The molecule has 0 N–H and O–H groups in total. The Morgan fingerprint density at radius 3 is 2.32 bits per heavy atom. The smallest absolute Gasteiger partial charge is 0.320 e. The second kappa shape index (κ2) is 6.96. The number of rotatable bonds is 3. The van der Waals surface area contributed by atoms with Crippen molar-refractivity contribution in [1.29, 1.82) is 0 Å². The molecule has 2 heterocycles. The van der Waals surface area contributed by atoms with E-state index in [1.165, 1.54) is 4.90 Å². The quantitative estimate of drug-likeness (QED) is 0.281. The maximum atomic E-state index is 13.4. The van der Waals surface area contributed by atoms with Gasteiger partial charge in [-0.05, 0) is 18.2 Å². The number of nitrogens with zero attached hydrogens (tertiary/aromatic N) is 2. The van der Waals surface area contributed by atoms with Gasteiger partial charge in [0.2, 0.25) is 0 Å². The van der Waals surface area contributed by atoms with Crippen molar-refractivity contribution in [1.82, 2.24) is 0 Å². The largest absolute Gasteiger partial charge is 0.330 e. The topological polar surface area (TPSA) is 81.9 Å². The van der Waals surface area contributed by atoms with Gasteiger partial charge in [-0.3, -0.25) is 14.9 Å². The van der Waals surface area contributed by atoms with E-state index in [1.807, 2.05) is 0 Å². The monoisotopic (exact) mass is 486 g/mol. The van der Waals surface area contributed by atoms with Gasteiger partial charge in [-0.1, -0.05) is 47.5 Å². The average molecular weight is 488 g/mol. The maximum Gasteiger partial charge on any atom is 0.320 e. The number of halogens is 3. The Morgan fingerprint density at radius 1 is 1.11 bits per heavy atom. The first-order valence-corrected chi connectivity index (χ1v) is 9.79. The summed E-state index contributed by atoms with van der Waals surface area (Å²) in [4.78, 5) is 25.5. The summed E-state index contributed by atoms with van der Waals surface area (Å²) in [7, 11) is 0. The van der Waals surface area contributed by atoms with Crippen LogP contribution in [-0.2, 0) is 26.6 Å². The number of carbonyl (C=O) groups excluding carboxylic acids is 1. The minimum atomic E-state index is -1.74. The predicted octanol–water partition coefficient (Wildman–Crippen LogP) is 4.11. The van der Waals surface area contributed by atoms with Crippen molar-refractivity contribution in [3.8, 4) is 0 Å². The van der Waals surface area contributed by atoms with Crippen molar-refractivity contribution in [2.24, 2.45) is 0 Å². The van der Waals surface area contributed by atoms with Gasteiger partial charge >= 0.3 is 4.45 Å². The van der Waals surface area contributed by atoms with E-state index in [1.54, 1.807) is 42.5 Å². The number of hydrogen-bond acceptors (Lipinski definition) is 5. The van der Waals surface area contributed by atoms with Crippen molar-refractivity contribution < 1.29 is 19.2 Å². The maximum absolute atomic E-state index is 13.4. The van der Waals surface area contributed by atoms with Crippen LogP contribution in [0.25, 0.3) is 0 Å². The zero-order chi connectivity index (χ0) is 20.1. The molecule has 0 radical (unpaired) electrons. The summed E-state index contributed by atoms with van der Waals surface area (Å²) in [6.07, 6.45) is 0. The van der Waals surface area contributed by atoms with Crippen LogP contribution < -0.4 is 4.90 Å². The SMILES string of the molecule is O=C1N(Cc2c(Cl)cccc2Cl)c2ccccc2C12OCC(Br)([N+](=O)[O-])CO2. The first kappa shape index (κ1) is 19.6. The van der Waals surface area contributed by atoms with E-state index in [2.05, 4.69) is 15.9 Å². The molecule has 0 atom stereocenters. The minimum absolute atomic E-state index is 0.109. The number of fused-ring (bicyclic) bond motifs is 2. The van der Waals surface area contributed by atoms with Crippen molar-refractivity contribution in [2.75, 3.05) is 18.1 Å². The number of nitro groups is 1. The van der Waals surface area contributed by atoms with Crippen LogP contribution >= 0.6 is 39.1 Å². The summed E-state index contributed by atoms with van der Waals surface area (Å²) in [6, 6.07) is 12.1. The molecule has 146 valence electrons. The molecular weight excluding hydrogens is 475 g/mol. The van der Waals surface area contributed by atoms with Crippen LogP contribution in [0.1, 0.15) is 11.1 Å². The first-order valence-electron chi connectivity index (χ1n) is 8.24. The van der Waals surface area contributed by atoms with Crippen LogP contribution in [0.3, 0.4) is 0 Å². The van der Waals surface area contributed by atoms with E-state index in [0.717, 1.165) is 0 Å². The standard InChI is InChI=1S/C18H13BrCl2N2O5/c19-17(23(25)26)9-27-18(28-10-17)12-4-1-2-7-15(12)22(16(18)24)8-11-13(20)5-3-6-14(11)21/h1-7H,8-10H2. The van der Waals surface area contributed by atoms with Gasteiger partial charge in [0.05, 0.1) is 12.2 Å². The van der Waals surface area contributed by atoms with E-state index in [-0.39, 0.29) is 19.8 Å². The number of ether oxygens (including phenoxy) is 2. The Morgan fingerprint density at radius 2 is 1.71 bits per heavy atom. The first-order chi connectivity index (χ1) is 13.3. The lowest BCUT2D eigenvalue weighted by Crippen LogP contribution is -2.56. The molecule has 10 heteroatoms. The number of anilines is 1. The number of para-hydroxylation sites is 1. The Hall–Kier alpha value is -1.71. The summed E-state index contributed by atoms with van der Waals surface area (Å²) >= 11 is 15.6. The van der Waals surface area contributed by atoms with Crippen LogP contribution in [0.5, 0.6) is 0 Å². The zero-order valence-electron chi connectivity index (χ0n) is 14.2. The lowest BCUT2D eigenvalue weighted by Gasteiger charge is -2.36. The molecule has 2 aliphatic rings. The van der Waals surface area contributed by atoms with Crippen molar-refractivity contribution in [2.45, 2.75) is 16.8 Å². The van der Waals surface area contributed by atoms with Gasteiger partial charge < -0.3 is 14.4 Å². The van der Waals surface area contributed by atoms with Crippen LogP contribution in [0, 0.1) is 10.1 Å². The Kier molecular flexibility index (Phi) is 4.87. The van der Waals surface area contributed by atoms with E-state index >= 15 is 0 Å². The molecule has 1 amide bonds. The lowest BCUT2D eigenvalue weighted by molar-refractivity contribution is -0.561. The molecule has 28 heavy (non-hydrogen) atoms. The molecule has 7 nitrogen and oxygen atoms in total. The molecule has 1 fully saturated rings. The Labute approximate surface area is 178 Å². The number of benzene rings is 2. The van der Waals surface area contributed by atoms with Crippen molar-refractivity contribution >= 4 is 50.7 Å². The van der Waals surface area contributed by atoms with Crippen LogP contribution in [-0.4, -0.2) is 28.5 Å². The van der Waals surface area contributed by atoms with Crippen LogP contribution in [0.2, 0.25) is 10.0 Å². The predicted molar refractivity (Wildman–Crippen MR) is 106 cm³/mol. The molecule has 2 aliphatic heterocycles. The molecule has 2 aromatic carbocycles. The Bertz CT molecular complexity index is 958. The second-order valence-electron chi connectivity index (χ2n) is 6.48. The minimum Gasteiger partial charge on any atom is -0.330 e. The zero-order valence-corrected chi connectivity index (χ0v) is 17.3. The summed E-state index contributed by atoms with van der Waals surface area (Å²) in [5, 5.41) is 12.1. The van der Waals surface area contributed by atoms with E-state index in [9.17, 15) is 14.9 Å².